The highest BCUT2D eigenvalue weighted by molar-refractivity contribution is 7.00. The average Bonchev–Trinajstić information content (AvgIpc) is 3.21. The summed E-state index contributed by atoms with van der Waals surface area (Å²) in [5.41, 5.74) is 5.39. The lowest BCUT2D eigenvalue weighted by Crippen LogP contribution is -1.95. The maximum Gasteiger partial charge on any atom is 0.130 e. The van der Waals surface area contributed by atoms with Crippen LogP contribution in [0.4, 0.5) is 22.7 Å². The molecule has 0 saturated carbocycles. The van der Waals surface area contributed by atoms with E-state index in [-0.39, 0.29) is 0 Å². The maximum absolute atomic E-state index is 5.20. The number of hydrogen-bond acceptors (Lipinski definition) is 7. The standard InChI is InChI=1S/C20H18N4O2S/c1-25-15-7-3-13(4-8-15)21-17-11-12-18(20-19(17)23-27-24-20)22-14-5-9-16(26-2)10-6-14/h3-12,21-22H,1-2H3. The summed E-state index contributed by atoms with van der Waals surface area (Å²) in [4.78, 5) is 0. The second-order valence-electron chi connectivity index (χ2n) is 5.83. The molecular formula is C20H18N4O2S. The number of fused-ring (bicyclic) bond motifs is 1. The first kappa shape index (κ1) is 17.1. The van der Waals surface area contributed by atoms with Crippen molar-refractivity contribution >= 4 is 45.5 Å². The highest BCUT2D eigenvalue weighted by atomic mass is 32.1. The van der Waals surface area contributed by atoms with Crippen molar-refractivity contribution in [2.75, 3.05) is 24.9 Å². The van der Waals surface area contributed by atoms with Gasteiger partial charge in [-0.2, -0.15) is 8.75 Å². The van der Waals surface area contributed by atoms with Crippen molar-refractivity contribution in [3.8, 4) is 11.5 Å². The van der Waals surface area contributed by atoms with Gasteiger partial charge >= 0.3 is 0 Å². The second kappa shape index (κ2) is 7.51. The topological polar surface area (TPSA) is 68.3 Å². The van der Waals surface area contributed by atoms with Crippen LogP contribution in [0.15, 0.2) is 60.7 Å². The van der Waals surface area contributed by atoms with E-state index in [4.69, 9.17) is 9.47 Å². The second-order valence-corrected chi connectivity index (χ2v) is 6.36. The number of rotatable bonds is 6. The number of methoxy groups -OCH3 is 2. The molecule has 0 unspecified atom stereocenters. The number of nitrogens with zero attached hydrogens (tertiary/aromatic N) is 2. The van der Waals surface area contributed by atoms with Crippen molar-refractivity contribution in [2.45, 2.75) is 0 Å². The molecule has 0 amide bonds. The third-order valence-electron chi connectivity index (χ3n) is 4.15. The molecule has 0 aliphatic rings. The van der Waals surface area contributed by atoms with E-state index >= 15 is 0 Å². The van der Waals surface area contributed by atoms with Crippen LogP contribution in [0, 0.1) is 0 Å². The number of aromatic nitrogens is 2. The summed E-state index contributed by atoms with van der Waals surface area (Å²) in [6, 6.07) is 19.5. The SMILES string of the molecule is COc1ccc(Nc2ccc(Nc3ccc(OC)cc3)c3nsnc23)cc1. The van der Waals surface area contributed by atoms with Gasteiger partial charge in [0.15, 0.2) is 0 Å². The molecular weight excluding hydrogens is 360 g/mol. The monoisotopic (exact) mass is 378 g/mol. The van der Waals surface area contributed by atoms with Crippen molar-refractivity contribution in [2.24, 2.45) is 0 Å². The van der Waals surface area contributed by atoms with E-state index in [1.54, 1.807) is 14.2 Å². The summed E-state index contributed by atoms with van der Waals surface area (Å²) in [6.45, 7) is 0. The number of benzene rings is 3. The molecule has 0 saturated heterocycles. The molecule has 0 spiro atoms. The summed E-state index contributed by atoms with van der Waals surface area (Å²) in [7, 11) is 3.31. The van der Waals surface area contributed by atoms with Gasteiger partial charge in [-0.1, -0.05) is 0 Å². The predicted molar refractivity (Wildman–Crippen MR) is 110 cm³/mol. The highest BCUT2D eigenvalue weighted by Crippen LogP contribution is 2.32. The van der Waals surface area contributed by atoms with Gasteiger partial charge in [-0.25, -0.2) is 0 Å². The molecule has 4 rings (SSSR count). The van der Waals surface area contributed by atoms with E-state index in [1.807, 2.05) is 60.7 Å². The average molecular weight is 378 g/mol. The minimum atomic E-state index is 0.820. The zero-order valence-electron chi connectivity index (χ0n) is 14.9. The van der Waals surface area contributed by atoms with Gasteiger partial charge in [-0.3, -0.25) is 0 Å². The fourth-order valence-electron chi connectivity index (χ4n) is 2.73. The Morgan fingerprint density at radius 2 is 1.04 bits per heavy atom. The molecule has 0 aliphatic carbocycles. The number of ether oxygens (including phenoxy) is 2. The van der Waals surface area contributed by atoms with Gasteiger partial charge in [0.05, 0.1) is 37.3 Å². The van der Waals surface area contributed by atoms with Crippen LogP contribution in [-0.2, 0) is 0 Å². The fraction of sp³-hybridized carbons (Fsp3) is 0.100. The van der Waals surface area contributed by atoms with E-state index in [0.29, 0.717) is 0 Å². The Kier molecular flexibility index (Phi) is 4.76. The van der Waals surface area contributed by atoms with Crippen LogP contribution >= 0.6 is 11.7 Å². The van der Waals surface area contributed by atoms with E-state index in [1.165, 1.54) is 11.7 Å². The molecule has 0 bridgehead atoms. The lowest BCUT2D eigenvalue weighted by Gasteiger charge is -2.11. The van der Waals surface area contributed by atoms with E-state index in [2.05, 4.69) is 19.4 Å². The van der Waals surface area contributed by atoms with Gasteiger partial charge in [0.1, 0.15) is 22.5 Å². The third kappa shape index (κ3) is 3.63. The molecule has 1 heterocycles. The summed E-state index contributed by atoms with van der Waals surface area (Å²) in [5.74, 6) is 1.64. The van der Waals surface area contributed by atoms with Crippen LogP contribution < -0.4 is 20.1 Å². The number of hydrogen-bond donors (Lipinski definition) is 2. The molecule has 6 nitrogen and oxygen atoms in total. The smallest absolute Gasteiger partial charge is 0.130 e. The van der Waals surface area contributed by atoms with Crippen LogP contribution in [0.2, 0.25) is 0 Å². The van der Waals surface area contributed by atoms with Crippen LogP contribution in [-0.4, -0.2) is 23.0 Å². The Bertz CT molecular complexity index is 962. The maximum atomic E-state index is 5.20. The molecule has 7 heteroatoms. The van der Waals surface area contributed by atoms with Crippen molar-refractivity contribution in [3.05, 3.63) is 60.7 Å². The van der Waals surface area contributed by atoms with Crippen LogP contribution in [0.3, 0.4) is 0 Å². The van der Waals surface area contributed by atoms with Crippen molar-refractivity contribution in [3.63, 3.8) is 0 Å². The Morgan fingerprint density at radius 3 is 1.41 bits per heavy atom. The molecule has 136 valence electrons. The summed E-state index contributed by atoms with van der Waals surface area (Å²) >= 11 is 1.19. The minimum absolute atomic E-state index is 0.820. The molecule has 3 aromatic carbocycles. The first-order chi connectivity index (χ1) is 13.3. The first-order valence-electron chi connectivity index (χ1n) is 8.34. The largest absolute Gasteiger partial charge is 0.497 e. The molecule has 0 radical (unpaired) electrons. The van der Waals surface area contributed by atoms with E-state index < -0.39 is 0 Å². The lowest BCUT2D eigenvalue weighted by molar-refractivity contribution is 0.415. The summed E-state index contributed by atoms with van der Waals surface area (Å²) in [6.07, 6.45) is 0. The summed E-state index contributed by atoms with van der Waals surface area (Å²) in [5, 5.41) is 6.79. The van der Waals surface area contributed by atoms with Crippen LogP contribution in [0.25, 0.3) is 11.0 Å². The molecule has 1 aromatic heterocycles. The van der Waals surface area contributed by atoms with Crippen LogP contribution in [0.1, 0.15) is 0 Å². The molecule has 0 atom stereocenters. The quantitative estimate of drug-likeness (QED) is 0.481. The van der Waals surface area contributed by atoms with Crippen molar-refractivity contribution in [1.29, 1.82) is 0 Å². The molecule has 0 fully saturated rings. The van der Waals surface area contributed by atoms with Gasteiger partial charge in [-0.05, 0) is 60.7 Å². The van der Waals surface area contributed by atoms with Gasteiger partial charge in [0, 0.05) is 11.4 Å². The number of anilines is 4. The molecule has 27 heavy (non-hydrogen) atoms. The van der Waals surface area contributed by atoms with Gasteiger partial charge in [0.25, 0.3) is 0 Å². The van der Waals surface area contributed by atoms with Gasteiger partial charge < -0.3 is 20.1 Å². The minimum Gasteiger partial charge on any atom is -0.497 e. The lowest BCUT2D eigenvalue weighted by atomic mass is 10.2. The molecule has 2 N–H and O–H groups in total. The fourth-order valence-corrected chi connectivity index (χ4v) is 3.30. The third-order valence-corrected chi connectivity index (χ3v) is 4.68. The predicted octanol–water partition coefficient (Wildman–Crippen LogP) is 5.20. The van der Waals surface area contributed by atoms with E-state index in [9.17, 15) is 0 Å². The Morgan fingerprint density at radius 1 is 0.630 bits per heavy atom. The normalized spacial score (nSPS) is 10.6. The van der Waals surface area contributed by atoms with E-state index in [0.717, 1.165) is 45.3 Å². The van der Waals surface area contributed by atoms with Crippen LogP contribution in [0.5, 0.6) is 11.5 Å². The van der Waals surface area contributed by atoms with Gasteiger partial charge in [-0.15, -0.1) is 0 Å². The highest BCUT2D eigenvalue weighted by Gasteiger charge is 2.11. The van der Waals surface area contributed by atoms with Crippen molar-refractivity contribution in [1.82, 2.24) is 8.75 Å². The zero-order valence-corrected chi connectivity index (χ0v) is 15.7. The zero-order chi connectivity index (χ0) is 18.6. The number of nitrogens with one attached hydrogen (secondary N) is 2. The molecule has 4 aromatic rings. The first-order valence-corrected chi connectivity index (χ1v) is 9.07. The van der Waals surface area contributed by atoms with Crippen molar-refractivity contribution < 1.29 is 9.47 Å². The Hall–Kier alpha value is -3.32. The summed E-state index contributed by atoms with van der Waals surface area (Å²) < 4.78 is 19.3. The van der Waals surface area contributed by atoms with Gasteiger partial charge in [0.2, 0.25) is 0 Å². The Balaban J connectivity index is 1.61. The Labute approximate surface area is 161 Å². The molecule has 0 aliphatic heterocycles.